The second-order valence-electron chi connectivity index (χ2n) is 6.71. The molecule has 1 aromatic carbocycles. The molecule has 1 unspecified atom stereocenters. The van der Waals surface area contributed by atoms with Crippen LogP contribution in [0.2, 0.25) is 0 Å². The van der Waals surface area contributed by atoms with Gasteiger partial charge in [-0.3, -0.25) is 4.79 Å². The minimum absolute atomic E-state index is 0.242. The molecule has 0 spiro atoms. The lowest BCUT2D eigenvalue weighted by molar-refractivity contribution is -0.123. The first-order valence-electron chi connectivity index (χ1n) is 9.16. The summed E-state index contributed by atoms with van der Waals surface area (Å²) in [6.07, 6.45) is -0.138. The molecule has 2 aromatic rings. The van der Waals surface area contributed by atoms with E-state index in [0.29, 0.717) is 34.6 Å². The summed E-state index contributed by atoms with van der Waals surface area (Å²) in [5.41, 5.74) is 0.603. The Labute approximate surface area is 174 Å². The minimum atomic E-state index is -1.04. The van der Waals surface area contributed by atoms with Gasteiger partial charge in [0.15, 0.2) is 17.6 Å². The molecule has 0 aliphatic carbocycles. The molecule has 29 heavy (non-hydrogen) atoms. The van der Waals surface area contributed by atoms with Gasteiger partial charge in [-0.25, -0.2) is 4.79 Å². The van der Waals surface area contributed by atoms with Gasteiger partial charge in [0.25, 0.3) is 5.91 Å². The fourth-order valence-corrected chi connectivity index (χ4v) is 3.05. The number of hydrogen-bond donors (Lipinski definition) is 1. The SMILES string of the molecule is COc1cc(C(=O)OC(C)C(=O)Nc2sccc2C#N)ccc1OCCC(C)C. The summed E-state index contributed by atoms with van der Waals surface area (Å²) in [5.74, 6) is 0.292. The van der Waals surface area contributed by atoms with Crippen LogP contribution in [-0.2, 0) is 9.53 Å². The molecule has 0 saturated heterocycles. The van der Waals surface area contributed by atoms with Crippen molar-refractivity contribution in [2.75, 3.05) is 19.0 Å². The van der Waals surface area contributed by atoms with Gasteiger partial charge < -0.3 is 19.5 Å². The summed E-state index contributed by atoms with van der Waals surface area (Å²) < 4.78 is 16.3. The van der Waals surface area contributed by atoms with E-state index in [-0.39, 0.29) is 5.56 Å². The maximum Gasteiger partial charge on any atom is 0.339 e. The van der Waals surface area contributed by atoms with Gasteiger partial charge in [-0.2, -0.15) is 5.26 Å². The summed E-state index contributed by atoms with van der Waals surface area (Å²) >= 11 is 1.22. The molecule has 154 valence electrons. The normalized spacial score (nSPS) is 11.4. The zero-order chi connectivity index (χ0) is 21.4. The number of thiophene rings is 1. The maximum absolute atomic E-state index is 12.4. The molecule has 0 saturated carbocycles. The Morgan fingerprint density at radius 2 is 1.97 bits per heavy atom. The van der Waals surface area contributed by atoms with Crippen LogP contribution >= 0.6 is 11.3 Å². The standard InChI is InChI=1S/C21H24N2O5S/c1-13(2)7-9-27-17-6-5-15(11-18(17)26-4)21(25)28-14(3)19(24)23-20-16(12-22)8-10-29-20/h5-6,8,10-11,13-14H,7,9H2,1-4H3,(H,23,24). The predicted octanol–water partition coefficient (Wildman–Crippen LogP) is 4.24. The van der Waals surface area contributed by atoms with E-state index < -0.39 is 18.0 Å². The van der Waals surface area contributed by atoms with E-state index >= 15 is 0 Å². The first kappa shape index (κ1) is 22.2. The van der Waals surface area contributed by atoms with Crippen LogP contribution in [0.25, 0.3) is 0 Å². The summed E-state index contributed by atoms with van der Waals surface area (Å²) in [7, 11) is 1.49. The Balaban J connectivity index is 2.00. The van der Waals surface area contributed by atoms with Crippen LogP contribution in [0.5, 0.6) is 11.5 Å². The lowest BCUT2D eigenvalue weighted by Crippen LogP contribution is -2.29. The van der Waals surface area contributed by atoms with Crippen LogP contribution in [0, 0.1) is 17.2 Å². The van der Waals surface area contributed by atoms with Crippen molar-refractivity contribution >= 4 is 28.2 Å². The Kier molecular flexibility index (Phi) is 8.04. The minimum Gasteiger partial charge on any atom is -0.493 e. The van der Waals surface area contributed by atoms with Gasteiger partial charge >= 0.3 is 5.97 Å². The third-order valence-corrected chi connectivity index (χ3v) is 4.86. The molecule has 0 bridgehead atoms. The van der Waals surface area contributed by atoms with Gasteiger partial charge in [0.1, 0.15) is 11.1 Å². The van der Waals surface area contributed by atoms with Crippen LogP contribution < -0.4 is 14.8 Å². The van der Waals surface area contributed by atoms with Crippen molar-refractivity contribution in [2.24, 2.45) is 5.92 Å². The number of nitriles is 1. The first-order chi connectivity index (χ1) is 13.8. The maximum atomic E-state index is 12.4. The lowest BCUT2D eigenvalue weighted by atomic mass is 10.1. The van der Waals surface area contributed by atoms with Crippen molar-refractivity contribution in [3.05, 3.63) is 40.8 Å². The van der Waals surface area contributed by atoms with Crippen LogP contribution in [-0.4, -0.2) is 31.7 Å². The third-order valence-electron chi connectivity index (χ3n) is 4.03. The molecule has 0 aliphatic rings. The number of nitrogens with zero attached hydrogens (tertiary/aromatic N) is 1. The highest BCUT2D eigenvalue weighted by Gasteiger charge is 2.21. The van der Waals surface area contributed by atoms with E-state index in [4.69, 9.17) is 19.5 Å². The number of carbonyl (C=O) groups excluding carboxylic acids is 2. The van der Waals surface area contributed by atoms with Gasteiger partial charge in [0, 0.05) is 0 Å². The summed E-state index contributed by atoms with van der Waals surface area (Å²) in [5, 5.41) is 13.7. The monoisotopic (exact) mass is 416 g/mol. The second kappa shape index (κ2) is 10.5. The molecular weight excluding hydrogens is 392 g/mol. The molecule has 7 nitrogen and oxygen atoms in total. The zero-order valence-corrected chi connectivity index (χ0v) is 17.7. The van der Waals surface area contributed by atoms with Crippen LogP contribution in [0.4, 0.5) is 5.00 Å². The number of amides is 1. The Morgan fingerprint density at radius 1 is 1.21 bits per heavy atom. The van der Waals surface area contributed by atoms with Gasteiger partial charge in [0.2, 0.25) is 0 Å². The van der Waals surface area contributed by atoms with E-state index in [1.807, 2.05) is 6.07 Å². The van der Waals surface area contributed by atoms with Crippen molar-refractivity contribution in [3.8, 4) is 17.6 Å². The van der Waals surface area contributed by atoms with Gasteiger partial charge in [-0.15, -0.1) is 11.3 Å². The van der Waals surface area contributed by atoms with Crippen LogP contribution in [0.3, 0.4) is 0 Å². The third kappa shape index (κ3) is 6.22. The van der Waals surface area contributed by atoms with Crippen molar-refractivity contribution in [3.63, 3.8) is 0 Å². The van der Waals surface area contributed by atoms with Crippen LogP contribution in [0.1, 0.15) is 43.1 Å². The molecule has 1 aromatic heterocycles. The highest BCUT2D eigenvalue weighted by atomic mass is 32.1. The largest absolute Gasteiger partial charge is 0.493 e. The summed E-state index contributed by atoms with van der Waals surface area (Å²) in [6, 6.07) is 8.32. The van der Waals surface area contributed by atoms with E-state index in [1.165, 1.54) is 31.4 Å². The Bertz CT molecular complexity index is 901. The van der Waals surface area contributed by atoms with E-state index in [9.17, 15) is 9.59 Å². The van der Waals surface area contributed by atoms with E-state index in [1.54, 1.807) is 23.6 Å². The van der Waals surface area contributed by atoms with Gasteiger partial charge in [0.05, 0.1) is 24.8 Å². The first-order valence-corrected chi connectivity index (χ1v) is 10.0. The number of benzene rings is 1. The van der Waals surface area contributed by atoms with E-state index in [2.05, 4.69) is 19.2 Å². The fourth-order valence-electron chi connectivity index (χ4n) is 2.31. The quantitative estimate of drug-likeness (QED) is 0.614. The molecule has 0 aliphatic heterocycles. The number of esters is 1. The highest BCUT2D eigenvalue weighted by Crippen LogP contribution is 2.29. The molecular formula is C21H24N2O5S. The molecule has 0 fully saturated rings. The van der Waals surface area contributed by atoms with Crippen molar-refractivity contribution in [1.82, 2.24) is 0 Å². The van der Waals surface area contributed by atoms with Crippen molar-refractivity contribution in [1.29, 1.82) is 5.26 Å². The number of carbonyl (C=O) groups is 2. The molecule has 2 rings (SSSR count). The van der Waals surface area contributed by atoms with Crippen LogP contribution in [0.15, 0.2) is 29.6 Å². The molecule has 1 amide bonds. The Morgan fingerprint density at radius 3 is 2.62 bits per heavy atom. The van der Waals surface area contributed by atoms with Crippen molar-refractivity contribution in [2.45, 2.75) is 33.3 Å². The smallest absolute Gasteiger partial charge is 0.339 e. The number of rotatable bonds is 9. The number of methoxy groups -OCH3 is 1. The number of ether oxygens (including phenoxy) is 3. The van der Waals surface area contributed by atoms with Crippen molar-refractivity contribution < 1.29 is 23.8 Å². The predicted molar refractivity (Wildman–Crippen MR) is 110 cm³/mol. The zero-order valence-electron chi connectivity index (χ0n) is 16.9. The molecule has 8 heteroatoms. The van der Waals surface area contributed by atoms with Gasteiger partial charge in [-0.1, -0.05) is 13.8 Å². The average Bonchev–Trinajstić information content (AvgIpc) is 3.14. The highest BCUT2D eigenvalue weighted by molar-refractivity contribution is 7.14. The second-order valence-corrected chi connectivity index (χ2v) is 7.62. The summed E-state index contributed by atoms with van der Waals surface area (Å²) in [6.45, 7) is 6.23. The van der Waals surface area contributed by atoms with Gasteiger partial charge in [-0.05, 0) is 48.9 Å². The molecule has 0 radical (unpaired) electrons. The number of nitrogens with one attached hydrogen (secondary N) is 1. The average molecular weight is 416 g/mol. The Hall–Kier alpha value is -3.05. The lowest BCUT2D eigenvalue weighted by Gasteiger charge is -2.15. The van der Waals surface area contributed by atoms with E-state index in [0.717, 1.165) is 6.42 Å². The molecule has 1 heterocycles. The summed E-state index contributed by atoms with van der Waals surface area (Å²) in [4.78, 5) is 24.7. The number of anilines is 1. The topological polar surface area (TPSA) is 97.6 Å². The number of hydrogen-bond acceptors (Lipinski definition) is 7. The molecule has 1 atom stereocenters. The fraction of sp³-hybridized carbons (Fsp3) is 0.381. The molecule has 1 N–H and O–H groups in total.